The molecule has 72 valence electrons. The van der Waals surface area contributed by atoms with Gasteiger partial charge < -0.3 is 0 Å². The lowest BCUT2D eigenvalue weighted by molar-refractivity contribution is 0.614. The minimum atomic E-state index is -2.33. The topological polar surface area (TPSA) is 34.1 Å². The molecular weight excluding hydrogens is 196 g/mol. The lowest BCUT2D eigenvalue weighted by atomic mass is 10.1. The van der Waals surface area contributed by atoms with Gasteiger partial charge in [-0.05, 0) is 16.3 Å². The summed E-state index contributed by atoms with van der Waals surface area (Å²) < 4.78 is 21.1. The number of benzene rings is 2. The van der Waals surface area contributed by atoms with Crippen molar-refractivity contribution in [1.29, 1.82) is 0 Å². The number of hydrogen-bond acceptors (Lipinski definition) is 2. The maximum absolute atomic E-state index is 10.5. The second-order valence-corrected chi connectivity index (χ2v) is 4.15. The largest absolute Gasteiger partial charge is 0.232 e. The summed E-state index contributed by atoms with van der Waals surface area (Å²) in [5.41, 5.74) is 0.847. The number of thiol groups is 1. The van der Waals surface area contributed by atoms with Gasteiger partial charge in [-0.3, -0.25) is 0 Å². The highest BCUT2D eigenvalue weighted by Gasteiger charge is 1.96. The van der Waals surface area contributed by atoms with Gasteiger partial charge in [-0.15, -0.1) is 0 Å². The van der Waals surface area contributed by atoms with Crippen molar-refractivity contribution in [2.75, 3.05) is 0 Å². The van der Waals surface area contributed by atoms with Crippen LogP contribution >= 0.6 is 0 Å². The quantitative estimate of drug-likeness (QED) is 0.762. The highest BCUT2D eigenvalue weighted by atomic mass is 32.2. The molecule has 2 aromatic rings. The van der Waals surface area contributed by atoms with E-state index >= 15 is 0 Å². The molecule has 0 aliphatic rings. The van der Waals surface area contributed by atoms with Gasteiger partial charge in [0.15, 0.2) is 0 Å². The number of hydrogen-bond donors (Lipinski definition) is 1. The number of rotatable bonds is 2. The summed E-state index contributed by atoms with van der Waals surface area (Å²) in [5, 5.41) is 2.22. The summed E-state index contributed by atoms with van der Waals surface area (Å²) in [6.07, 6.45) is 0. The summed E-state index contributed by atoms with van der Waals surface area (Å²) in [7, 11) is -2.33. The third-order valence-corrected chi connectivity index (χ3v) is 2.75. The lowest BCUT2D eigenvalue weighted by Crippen LogP contribution is -1.86. The van der Waals surface area contributed by atoms with E-state index in [2.05, 4.69) is 0 Å². The predicted molar refractivity (Wildman–Crippen MR) is 58.0 cm³/mol. The van der Waals surface area contributed by atoms with Gasteiger partial charge in [-0.2, -0.15) is 0 Å². The van der Waals surface area contributed by atoms with Crippen LogP contribution in [0.2, 0.25) is 0 Å². The third-order valence-electron chi connectivity index (χ3n) is 2.13. The molecule has 0 saturated heterocycles. The molecule has 0 spiro atoms. The lowest BCUT2D eigenvalue weighted by Gasteiger charge is -1.99. The Morgan fingerprint density at radius 2 is 1.64 bits per heavy atom. The van der Waals surface area contributed by atoms with E-state index in [0.29, 0.717) is 0 Å². The first-order valence-electron chi connectivity index (χ1n) is 4.35. The average molecular weight is 206 g/mol. The summed E-state index contributed by atoms with van der Waals surface area (Å²) in [6, 6.07) is 13.6. The van der Waals surface area contributed by atoms with Crippen molar-refractivity contribution in [2.45, 2.75) is 5.75 Å². The van der Waals surface area contributed by atoms with Gasteiger partial charge in [0.25, 0.3) is 0 Å². The molecule has 0 amide bonds. The molecule has 14 heavy (non-hydrogen) atoms. The second kappa shape index (κ2) is 3.80. The SMILES string of the molecule is O=[SH](=O)Cc1ccc2ccccc2c1. The molecule has 0 aliphatic carbocycles. The van der Waals surface area contributed by atoms with E-state index in [9.17, 15) is 8.42 Å². The molecule has 2 nitrogen and oxygen atoms in total. The maximum Gasteiger partial charge on any atom is 0.144 e. The first-order chi connectivity index (χ1) is 6.75. The predicted octanol–water partition coefficient (Wildman–Crippen LogP) is 1.95. The van der Waals surface area contributed by atoms with Gasteiger partial charge in [0, 0.05) is 0 Å². The molecule has 2 rings (SSSR count). The fourth-order valence-corrected chi connectivity index (χ4v) is 1.98. The van der Waals surface area contributed by atoms with Gasteiger partial charge in [0.1, 0.15) is 10.7 Å². The van der Waals surface area contributed by atoms with Gasteiger partial charge >= 0.3 is 0 Å². The van der Waals surface area contributed by atoms with Crippen LogP contribution in [0.15, 0.2) is 42.5 Å². The molecule has 0 heterocycles. The summed E-state index contributed by atoms with van der Waals surface area (Å²) in [6.45, 7) is 0. The van der Waals surface area contributed by atoms with Crippen LogP contribution in [-0.4, -0.2) is 8.42 Å². The Labute approximate surface area is 84.1 Å². The fraction of sp³-hybridized carbons (Fsp3) is 0.0909. The van der Waals surface area contributed by atoms with Crippen molar-refractivity contribution >= 4 is 21.5 Å². The van der Waals surface area contributed by atoms with Crippen LogP contribution in [0.1, 0.15) is 5.56 Å². The molecule has 0 aromatic heterocycles. The van der Waals surface area contributed by atoms with E-state index in [4.69, 9.17) is 0 Å². The normalized spacial score (nSPS) is 10.9. The highest BCUT2D eigenvalue weighted by molar-refractivity contribution is 7.71. The maximum atomic E-state index is 10.5. The van der Waals surface area contributed by atoms with Gasteiger partial charge in [0.2, 0.25) is 0 Å². The molecule has 0 radical (unpaired) electrons. The van der Waals surface area contributed by atoms with Crippen molar-refractivity contribution in [2.24, 2.45) is 0 Å². The zero-order valence-electron chi connectivity index (χ0n) is 7.51. The van der Waals surface area contributed by atoms with Crippen molar-refractivity contribution < 1.29 is 8.42 Å². The van der Waals surface area contributed by atoms with E-state index in [1.165, 1.54) is 0 Å². The Morgan fingerprint density at radius 1 is 0.929 bits per heavy atom. The van der Waals surface area contributed by atoms with Gasteiger partial charge in [-0.25, -0.2) is 8.42 Å². The van der Waals surface area contributed by atoms with E-state index in [1.54, 1.807) is 0 Å². The van der Waals surface area contributed by atoms with Crippen molar-refractivity contribution in [3.05, 3.63) is 48.0 Å². The molecule has 0 bridgehead atoms. The monoisotopic (exact) mass is 206 g/mol. The van der Waals surface area contributed by atoms with Crippen LogP contribution in [0.5, 0.6) is 0 Å². The first-order valence-corrected chi connectivity index (χ1v) is 5.71. The first kappa shape index (κ1) is 9.21. The van der Waals surface area contributed by atoms with E-state index in [1.807, 2.05) is 42.5 Å². The van der Waals surface area contributed by atoms with Crippen LogP contribution in [-0.2, 0) is 16.5 Å². The van der Waals surface area contributed by atoms with Crippen LogP contribution in [0, 0.1) is 0 Å². The third kappa shape index (κ3) is 1.93. The minimum Gasteiger partial charge on any atom is -0.232 e. The second-order valence-electron chi connectivity index (χ2n) is 3.17. The van der Waals surface area contributed by atoms with Crippen LogP contribution < -0.4 is 0 Å². The highest BCUT2D eigenvalue weighted by Crippen LogP contribution is 2.15. The minimum absolute atomic E-state index is 0.125. The summed E-state index contributed by atoms with van der Waals surface area (Å²) >= 11 is 0. The fourth-order valence-electron chi connectivity index (χ4n) is 1.49. The zero-order valence-corrected chi connectivity index (χ0v) is 8.41. The van der Waals surface area contributed by atoms with Gasteiger partial charge in [-0.1, -0.05) is 42.5 Å². The summed E-state index contributed by atoms with van der Waals surface area (Å²) in [4.78, 5) is 0. The molecule has 0 saturated carbocycles. The summed E-state index contributed by atoms with van der Waals surface area (Å²) in [5.74, 6) is 0.125. The number of fused-ring (bicyclic) bond motifs is 1. The van der Waals surface area contributed by atoms with Gasteiger partial charge in [0.05, 0.1) is 5.75 Å². The van der Waals surface area contributed by atoms with Crippen LogP contribution in [0.25, 0.3) is 10.8 Å². The van der Waals surface area contributed by atoms with E-state index in [-0.39, 0.29) is 5.75 Å². The van der Waals surface area contributed by atoms with Crippen LogP contribution in [0.3, 0.4) is 0 Å². The Morgan fingerprint density at radius 3 is 2.36 bits per heavy atom. The molecule has 0 atom stereocenters. The molecule has 0 unspecified atom stereocenters. The van der Waals surface area contributed by atoms with Crippen molar-refractivity contribution in [1.82, 2.24) is 0 Å². The zero-order chi connectivity index (χ0) is 9.97. The molecule has 2 aromatic carbocycles. The molecular formula is C11H10O2S. The van der Waals surface area contributed by atoms with Crippen LogP contribution in [0.4, 0.5) is 0 Å². The van der Waals surface area contributed by atoms with Crippen molar-refractivity contribution in [3.63, 3.8) is 0 Å². The Hall–Kier alpha value is -1.35. The standard InChI is InChI=1S/C11H10O2S/c12-14(13)8-9-5-6-10-3-1-2-4-11(10)7-9/h1-7,14H,8H2. The molecule has 0 fully saturated rings. The Balaban J connectivity index is 2.51. The molecule has 0 aliphatic heterocycles. The Bertz CT molecular complexity index is 522. The molecule has 0 N–H and O–H groups in total. The average Bonchev–Trinajstić information content (AvgIpc) is 2.17. The smallest absolute Gasteiger partial charge is 0.144 e. The molecule has 3 heteroatoms. The van der Waals surface area contributed by atoms with Crippen molar-refractivity contribution in [3.8, 4) is 0 Å². The van der Waals surface area contributed by atoms with E-state index in [0.717, 1.165) is 16.3 Å². The Kier molecular flexibility index (Phi) is 2.50. The van der Waals surface area contributed by atoms with E-state index < -0.39 is 10.7 Å².